The standard InChI is InChI=1S/C10H11NO3S/c1-6(12)14-8-3-2-4-9-7(8)5-10(11-13)15-9/h3,10H,2,4-5H2,1H3. The Bertz CT molecular complexity index is 373. The fourth-order valence-corrected chi connectivity index (χ4v) is 2.97. The van der Waals surface area contributed by atoms with Crippen molar-refractivity contribution in [2.75, 3.05) is 0 Å². The van der Waals surface area contributed by atoms with Crippen LogP contribution in [0, 0.1) is 4.91 Å². The highest BCUT2D eigenvalue weighted by Crippen LogP contribution is 2.46. The molecular weight excluding hydrogens is 214 g/mol. The minimum Gasteiger partial charge on any atom is -0.427 e. The molecule has 1 unspecified atom stereocenters. The monoisotopic (exact) mass is 225 g/mol. The third-order valence-electron chi connectivity index (χ3n) is 2.36. The number of nitroso groups, excluding NO2 is 1. The van der Waals surface area contributed by atoms with Gasteiger partial charge in [-0.05, 0) is 23.8 Å². The van der Waals surface area contributed by atoms with Gasteiger partial charge in [0, 0.05) is 18.9 Å². The fourth-order valence-electron chi connectivity index (χ4n) is 1.79. The van der Waals surface area contributed by atoms with E-state index in [1.807, 2.05) is 6.08 Å². The molecule has 2 aliphatic rings. The molecule has 0 saturated heterocycles. The number of hydrogen-bond donors (Lipinski definition) is 0. The zero-order valence-corrected chi connectivity index (χ0v) is 9.17. The summed E-state index contributed by atoms with van der Waals surface area (Å²) in [7, 11) is 0. The lowest BCUT2D eigenvalue weighted by atomic mass is 10.0. The Kier molecular flexibility index (Phi) is 2.90. The molecule has 1 heterocycles. The molecule has 1 aliphatic heterocycles. The van der Waals surface area contributed by atoms with Gasteiger partial charge in [-0.2, -0.15) is 0 Å². The van der Waals surface area contributed by atoms with Crippen molar-refractivity contribution in [2.45, 2.75) is 31.6 Å². The smallest absolute Gasteiger partial charge is 0.308 e. The van der Waals surface area contributed by atoms with E-state index in [1.54, 1.807) is 0 Å². The number of ether oxygens (including phenoxy) is 1. The molecule has 0 saturated carbocycles. The predicted octanol–water partition coefficient (Wildman–Crippen LogP) is 2.71. The molecule has 0 aromatic carbocycles. The molecule has 15 heavy (non-hydrogen) atoms. The van der Waals surface area contributed by atoms with Gasteiger partial charge in [-0.25, -0.2) is 0 Å². The van der Waals surface area contributed by atoms with Gasteiger partial charge in [-0.15, -0.1) is 4.91 Å². The molecule has 0 aromatic rings. The molecule has 80 valence electrons. The van der Waals surface area contributed by atoms with E-state index in [0.29, 0.717) is 12.2 Å². The van der Waals surface area contributed by atoms with Crippen LogP contribution in [-0.4, -0.2) is 11.3 Å². The first-order chi connectivity index (χ1) is 7.20. The first-order valence-electron chi connectivity index (χ1n) is 4.81. The quantitative estimate of drug-likeness (QED) is 0.535. The third-order valence-corrected chi connectivity index (χ3v) is 3.62. The average Bonchev–Trinajstić information content (AvgIpc) is 2.61. The van der Waals surface area contributed by atoms with Crippen LogP contribution in [0.15, 0.2) is 27.5 Å². The summed E-state index contributed by atoms with van der Waals surface area (Å²) in [6.07, 6.45) is 4.29. The van der Waals surface area contributed by atoms with Crippen molar-refractivity contribution in [2.24, 2.45) is 5.18 Å². The molecule has 1 aliphatic carbocycles. The average molecular weight is 225 g/mol. The summed E-state index contributed by atoms with van der Waals surface area (Å²) < 4.78 is 5.11. The predicted molar refractivity (Wildman–Crippen MR) is 57.9 cm³/mol. The number of esters is 1. The topological polar surface area (TPSA) is 55.7 Å². The number of carbonyl (C=O) groups is 1. The van der Waals surface area contributed by atoms with Crippen molar-refractivity contribution in [3.05, 3.63) is 27.2 Å². The molecule has 0 fully saturated rings. The second kappa shape index (κ2) is 4.18. The third kappa shape index (κ3) is 2.12. The molecule has 5 heteroatoms. The van der Waals surface area contributed by atoms with Crippen molar-refractivity contribution >= 4 is 17.7 Å². The van der Waals surface area contributed by atoms with E-state index in [0.717, 1.165) is 23.3 Å². The van der Waals surface area contributed by atoms with E-state index in [1.165, 1.54) is 18.7 Å². The molecule has 4 nitrogen and oxygen atoms in total. The first-order valence-corrected chi connectivity index (χ1v) is 5.68. The van der Waals surface area contributed by atoms with E-state index in [-0.39, 0.29) is 11.3 Å². The Labute approximate surface area is 91.7 Å². The summed E-state index contributed by atoms with van der Waals surface area (Å²) in [6.45, 7) is 1.38. The number of carbonyl (C=O) groups excluding carboxylic acids is 1. The Balaban J connectivity index is 2.16. The van der Waals surface area contributed by atoms with Crippen molar-refractivity contribution in [3.8, 4) is 0 Å². The van der Waals surface area contributed by atoms with Crippen molar-refractivity contribution < 1.29 is 9.53 Å². The van der Waals surface area contributed by atoms with Crippen LogP contribution < -0.4 is 0 Å². The van der Waals surface area contributed by atoms with Crippen LogP contribution in [0.2, 0.25) is 0 Å². The number of rotatable bonds is 2. The molecule has 0 aromatic heterocycles. The van der Waals surface area contributed by atoms with E-state index in [2.05, 4.69) is 5.18 Å². The van der Waals surface area contributed by atoms with E-state index in [9.17, 15) is 9.70 Å². The molecule has 0 amide bonds. The molecule has 0 N–H and O–H groups in total. The zero-order chi connectivity index (χ0) is 10.8. The summed E-state index contributed by atoms with van der Waals surface area (Å²) >= 11 is 1.49. The molecule has 2 rings (SSSR count). The van der Waals surface area contributed by atoms with Crippen LogP contribution in [-0.2, 0) is 9.53 Å². The number of hydrogen-bond acceptors (Lipinski definition) is 5. The number of nitrogens with zero attached hydrogens (tertiary/aromatic N) is 1. The number of allylic oxidation sites excluding steroid dienone is 3. The number of thioether (sulfide) groups is 1. The lowest BCUT2D eigenvalue weighted by molar-refractivity contribution is -0.136. The Morgan fingerprint density at radius 2 is 2.47 bits per heavy atom. The molecular formula is C10H11NO3S. The van der Waals surface area contributed by atoms with Crippen LogP contribution in [0.25, 0.3) is 0 Å². The summed E-state index contributed by atoms with van der Waals surface area (Å²) in [5.74, 6) is 0.310. The van der Waals surface area contributed by atoms with Gasteiger partial charge in [0.05, 0.1) is 0 Å². The maximum atomic E-state index is 10.9. The Morgan fingerprint density at radius 1 is 1.67 bits per heavy atom. The Morgan fingerprint density at radius 3 is 3.13 bits per heavy atom. The Hall–Kier alpha value is -1.10. The van der Waals surface area contributed by atoms with Gasteiger partial charge < -0.3 is 4.74 Å². The zero-order valence-electron chi connectivity index (χ0n) is 8.36. The van der Waals surface area contributed by atoms with Crippen LogP contribution in [0.5, 0.6) is 0 Å². The summed E-state index contributed by atoms with van der Waals surface area (Å²) in [4.78, 5) is 22.5. The van der Waals surface area contributed by atoms with Crippen LogP contribution in [0.1, 0.15) is 26.2 Å². The SMILES string of the molecule is CC(=O)OC1=CCCC2=C1CC(N=O)S2. The van der Waals surface area contributed by atoms with Gasteiger partial charge in [0.1, 0.15) is 11.1 Å². The molecule has 0 spiro atoms. The second-order valence-electron chi connectivity index (χ2n) is 3.48. The molecule has 0 radical (unpaired) electrons. The second-order valence-corrected chi connectivity index (χ2v) is 4.76. The minimum atomic E-state index is -0.317. The lowest BCUT2D eigenvalue weighted by Crippen LogP contribution is -2.05. The van der Waals surface area contributed by atoms with E-state index in [4.69, 9.17) is 4.74 Å². The normalized spacial score (nSPS) is 24.6. The van der Waals surface area contributed by atoms with E-state index < -0.39 is 0 Å². The van der Waals surface area contributed by atoms with Crippen molar-refractivity contribution in [1.29, 1.82) is 0 Å². The largest absolute Gasteiger partial charge is 0.427 e. The van der Waals surface area contributed by atoms with Gasteiger partial charge in [0.2, 0.25) is 0 Å². The highest BCUT2D eigenvalue weighted by Gasteiger charge is 2.30. The van der Waals surface area contributed by atoms with Crippen molar-refractivity contribution in [1.82, 2.24) is 0 Å². The van der Waals surface area contributed by atoms with Gasteiger partial charge in [0.25, 0.3) is 0 Å². The van der Waals surface area contributed by atoms with Gasteiger partial charge in [-0.1, -0.05) is 16.9 Å². The highest BCUT2D eigenvalue weighted by atomic mass is 32.2. The van der Waals surface area contributed by atoms with Crippen LogP contribution in [0.4, 0.5) is 0 Å². The van der Waals surface area contributed by atoms with Crippen LogP contribution in [0.3, 0.4) is 0 Å². The van der Waals surface area contributed by atoms with Crippen molar-refractivity contribution in [3.63, 3.8) is 0 Å². The maximum Gasteiger partial charge on any atom is 0.308 e. The van der Waals surface area contributed by atoms with Gasteiger partial charge in [0.15, 0.2) is 0 Å². The van der Waals surface area contributed by atoms with Gasteiger partial charge in [-0.3, -0.25) is 4.79 Å². The highest BCUT2D eigenvalue weighted by molar-refractivity contribution is 8.03. The first kappa shape index (κ1) is 10.4. The maximum absolute atomic E-state index is 10.9. The molecule has 1 atom stereocenters. The van der Waals surface area contributed by atoms with Gasteiger partial charge >= 0.3 is 5.97 Å². The summed E-state index contributed by atoms with van der Waals surface area (Å²) in [5, 5.41) is 2.79. The van der Waals surface area contributed by atoms with Crippen LogP contribution >= 0.6 is 11.8 Å². The lowest BCUT2D eigenvalue weighted by Gasteiger charge is -2.14. The summed E-state index contributed by atoms with van der Waals surface area (Å²) in [5.41, 5.74) is 0.992. The molecule has 0 bridgehead atoms. The minimum absolute atomic E-state index is 0.243. The fraction of sp³-hybridized carbons (Fsp3) is 0.500. The van der Waals surface area contributed by atoms with E-state index >= 15 is 0 Å². The summed E-state index contributed by atoms with van der Waals surface area (Å²) in [6, 6.07) is 0.